The molecule has 1 aromatic carbocycles. The molecule has 8 heteroatoms. The predicted octanol–water partition coefficient (Wildman–Crippen LogP) is 2.17. The fourth-order valence-corrected chi connectivity index (χ4v) is 2.94. The number of ether oxygens (including phenoxy) is 1. The summed E-state index contributed by atoms with van der Waals surface area (Å²) in [5.74, 6) is 0.248. The molecule has 27 heavy (non-hydrogen) atoms. The van der Waals surface area contributed by atoms with E-state index in [1.165, 1.54) is 11.3 Å². The Labute approximate surface area is 163 Å². The fraction of sp³-hybridized carbons (Fsp3) is 0.421. The number of thiazole rings is 1. The highest BCUT2D eigenvalue weighted by Gasteiger charge is 2.21. The number of nitrogens with two attached hydrogens (primary N) is 1. The predicted molar refractivity (Wildman–Crippen MR) is 108 cm³/mol. The Morgan fingerprint density at radius 3 is 2.78 bits per heavy atom. The minimum atomic E-state index is -0.419. The molecule has 0 fully saturated rings. The first-order valence-corrected chi connectivity index (χ1v) is 9.43. The number of aromatic nitrogens is 1. The fourth-order valence-electron chi connectivity index (χ4n) is 2.25. The summed E-state index contributed by atoms with van der Waals surface area (Å²) in [6.07, 6.45) is 0. The smallest absolute Gasteiger partial charge is 0.270 e. The molecule has 0 saturated carbocycles. The first kappa shape index (κ1) is 20.9. The van der Waals surface area contributed by atoms with E-state index in [1.807, 2.05) is 20.8 Å². The first-order valence-electron chi connectivity index (χ1n) is 8.55. The molecule has 146 valence electrons. The summed E-state index contributed by atoms with van der Waals surface area (Å²) in [6, 6.07) is 5.17. The molecule has 0 aliphatic carbocycles. The SMILES string of the molecule is CN=C(C(=O)NCC(C)(C)CO)c1cc(OCc2scnc2C)ccc1N. The van der Waals surface area contributed by atoms with Crippen LogP contribution in [-0.4, -0.2) is 41.9 Å². The van der Waals surface area contributed by atoms with Crippen LogP contribution in [0.2, 0.25) is 0 Å². The van der Waals surface area contributed by atoms with Gasteiger partial charge in [0.15, 0.2) is 0 Å². The zero-order chi connectivity index (χ0) is 20.0. The summed E-state index contributed by atoms with van der Waals surface area (Å²) in [6.45, 7) is 6.34. The van der Waals surface area contributed by atoms with E-state index in [9.17, 15) is 9.90 Å². The van der Waals surface area contributed by atoms with Crippen LogP contribution in [0.15, 0.2) is 28.7 Å². The van der Waals surface area contributed by atoms with E-state index < -0.39 is 5.41 Å². The Morgan fingerprint density at radius 1 is 1.44 bits per heavy atom. The molecule has 2 rings (SSSR count). The van der Waals surface area contributed by atoms with E-state index in [-0.39, 0.29) is 18.2 Å². The molecule has 0 unspecified atom stereocenters. The molecular weight excluding hydrogens is 364 g/mol. The Morgan fingerprint density at radius 2 is 2.19 bits per heavy atom. The average Bonchev–Trinajstić information content (AvgIpc) is 3.06. The van der Waals surface area contributed by atoms with Crippen molar-refractivity contribution in [3.8, 4) is 5.75 Å². The Bertz CT molecular complexity index is 830. The van der Waals surface area contributed by atoms with E-state index in [1.54, 1.807) is 30.8 Å². The van der Waals surface area contributed by atoms with E-state index in [0.717, 1.165) is 10.6 Å². The van der Waals surface area contributed by atoms with Gasteiger partial charge in [-0.3, -0.25) is 9.79 Å². The van der Waals surface area contributed by atoms with Crippen molar-refractivity contribution in [3.05, 3.63) is 39.8 Å². The highest BCUT2D eigenvalue weighted by Crippen LogP contribution is 2.23. The van der Waals surface area contributed by atoms with Crippen molar-refractivity contribution >= 4 is 28.6 Å². The summed E-state index contributed by atoms with van der Waals surface area (Å²) in [7, 11) is 1.54. The van der Waals surface area contributed by atoms with Gasteiger partial charge in [-0.25, -0.2) is 4.98 Å². The van der Waals surface area contributed by atoms with Crippen LogP contribution in [0, 0.1) is 12.3 Å². The highest BCUT2D eigenvalue weighted by molar-refractivity contribution is 7.09. The molecule has 1 aromatic heterocycles. The summed E-state index contributed by atoms with van der Waals surface area (Å²) < 4.78 is 5.83. The number of anilines is 1. The van der Waals surface area contributed by atoms with E-state index in [2.05, 4.69) is 15.3 Å². The lowest BCUT2D eigenvalue weighted by atomic mass is 9.95. The largest absolute Gasteiger partial charge is 0.488 e. The highest BCUT2D eigenvalue weighted by atomic mass is 32.1. The van der Waals surface area contributed by atoms with Gasteiger partial charge in [0.1, 0.15) is 18.1 Å². The minimum Gasteiger partial charge on any atom is -0.488 e. The average molecular weight is 391 g/mol. The third-order valence-electron chi connectivity index (χ3n) is 4.09. The zero-order valence-electron chi connectivity index (χ0n) is 16.1. The van der Waals surface area contributed by atoms with Gasteiger partial charge < -0.3 is 20.9 Å². The monoisotopic (exact) mass is 390 g/mol. The summed E-state index contributed by atoms with van der Waals surface area (Å²) in [4.78, 5) is 21.9. The lowest BCUT2D eigenvalue weighted by molar-refractivity contribution is -0.115. The number of nitrogen functional groups attached to an aromatic ring is 1. The van der Waals surface area contributed by atoms with Crippen LogP contribution in [0.1, 0.15) is 30.0 Å². The van der Waals surface area contributed by atoms with E-state index in [4.69, 9.17) is 10.5 Å². The summed E-state index contributed by atoms with van der Waals surface area (Å²) >= 11 is 1.53. The third kappa shape index (κ3) is 5.51. The van der Waals surface area contributed by atoms with Crippen molar-refractivity contribution in [2.75, 3.05) is 25.9 Å². The second-order valence-corrected chi connectivity index (χ2v) is 7.92. The van der Waals surface area contributed by atoms with Crippen LogP contribution in [-0.2, 0) is 11.4 Å². The number of nitrogens with zero attached hydrogens (tertiary/aromatic N) is 2. The van der Waals surface area contributed by atoms with E-state index >= 15 is 0 Å². The normalized spacial score (nSPS) is 12.1. The number of nitrogens with one attached hydrogen (secondary N) is 1. The van der Waals surface area contributed by atoms with Gasteiger partial charge >= 0.3 is 0 Å². The lowest BCUT2D eigenvalue weighted by Crippen LogP contribution is -2.40. The zero-order valence-corrected chi connectivity index (χ0v) is 16.9. The molecule has 0 saturated heterocycles. The number of carbonyl (C=O) groups is 1. The number of hydrogen-bond acceptors (Lipinski definition) is 7. The van der Waals surface area contributed by atoms with Crippen molar-refractivity contribution in [1.29, 1.82) is 0 Å². The van der Waals surface area contributed by atoms with Gasteiger partial charge in [-0.05, 0) is 25.1 Å². The van der Waals surface area contributed by atoms with Crippen LogP contribution in [0.3, 0.4) is 0 Å². The number of aliphatic imine (C=N–C) groups is 1. The number of hydrogen-bond donors (Lipinski definition) is 3. The number of carbonyl (C=O) groups excluding carboxylic acids is 1. The second-order valence-electron chi connectivity index (χ2n) is 6.98. The number of benzene rings is 1. The summed E-state index contributed by atoms with van der Waals surface area (Å²) in [5.41, 5.74) is 9.54. The molecule has 4 N–H and O–H groups in total. The lowest BCUT2D eigenvalue weighted by Gasteiger charge is -2.22. The minimum absolute atomic E-state index is 0.0334. The van der Waals surface area contributed by atoms with Crippen LogP contribution < -0.4 is 15.8 Å². The quantitative estimate of drug-likeness (QED) is 0.473. The van der Waals surface area contributed by atoms with Gasteiger partial charge in [-0.1, -0.05) is 13.8 Å². The Hall–Kier alpha value is -2.45. The van der Waals surface area contributed by atoms with Crippen molar-refractivity contribution in [2.45, 2.75) is 27.4 Å². The number of aliphatic hydroxyl groups is 1. The summed E-state index contributed by atoms with van der Waals surface area (Å²) in [5, 5.41) is 12.1. The van der Waals surface area contributed by atoms with Gasteiger partial charge in [0.05, 0.1) is 16.1 Å². The maximum absolute atomic E-state index is 12.6. The maximum Gasteiger partial charge on any atom is 0.270 e. The van der Waals surface area contributed by atoms with Crippen LogP contribution in [0.4, 0.5) is 5.69 Å². The van der Waals surface area contributed by atoms with E-state index in [0.29, 0.717) is 30.2 Å². The number of aliphatic hydroxyl groups excluding tert-OH is 1. The molecule has 2 aromatic rings. The molecule has 0 bridgehead atoms. The van der Waals surface area contributed by atoms with Gasteiger partial charge in [-0.15, -0.1) is 11.3 Å². The molecule has 0 aliphatic heterocycles. The standard InChI is InChI=1S/C19H26N4O3S/c1-12-16(27-11-23-12)8-26-13-5-6-15(20)14(7-13)17(21-4)18(25)22-9-19(2,3)10-24/h5-7,11,24H,8-10,20H2,1-4H3,(H,22,25). The molecule has 0 atom stereocenters. The molecule has 1 amide bonds. The number of amides is 1. The van der Waals surface area contributed by atoms with Crippen LogP contribution in [0.5, 0.6) is 5.75 Å². The van der Waals surface area contributed by atoms with Crippen LogP contribution >= 0.6 is 11.3 Å². The van der Waals surface area contributed by atoms with Crippen molar-refractivity contribution < 1.29 is 14.6 Å². The van der Waals surface area contributed by atoms with Crippen molar-refractivity contribution in [1.82, 2.24) is 10.3 Å². The topological polar surface area (TPSA) is 110 Å². The first-order chi connectivity index (χ1) is 12.8. The third-order valence-corrected chi connectivity index (χ3v) is 5.00. The molecular formula is C19H26N4O3S. The molecule has 1 heterocycles. The molecule has 0 radical (unpaired) electrons. The Kier molecular flexibility index (Phi) is 6.92. The molecule has 0 aliphatic rings. The van der Waals surface area contributed by atoms with Gasteiger partial charge in [-0.2, -0.15) is 0 Å². The molecule has 7 nitrogen and oxygen atoms in total. The van der Waals surface area contributed by atoms with Gasteiger partial charge in [0.2, 0.25) is 0 Å². The van der Waals surface area contributed by atoms with Crippen molar-refractivity contribution in [3.63, 3.8) is 0 Å². The number of rotatable bonds is 8. The second kappa shape index (κ2) is 8.96. The Balaban J connectivity index is 2.15. The van der Waals surface area contributed by atoms with Crippen LogP contribution in [0.25, 0.3) is 0 Å². The molecule has 0 spiro atoms. The maximum atomic E-state index is 12.6. The van der Waals surface area contributed by atoms with Gasteiger partial charge in [0.25, 0.3) is 5.91 Å². The van der Waals surface area contributed by atoms with Crippen molar-refractivity contribution in [2.24, 2.45) is 10.4 Å². The van der Waals surface area contributed by atoms with Gasteiger partial charge in [0, 0.05) is 36.9 Å². The number of aryl methyl sites for hydroxylation is 1.